The Morgan fingerprint density at radius 2 is 1.95 bits per heavy atom. The maximum atomic E-state index is 12.4. The lowest BCUT2D eigenvalue weighted by Crippen LogP contribution is -1.98. The van der Waals surface area contributed by atoms with Crippen LogP contribution in [0.15, 0.2) is 47.4 Å². The Labute approximate surface area is 126 Å². The molecule has 0 bridgehead atoms. The zero-order valence-electron chi connectivity index (χ0n) is 11.8. The number of hydrogen-bond acceptors (Lipinski definition) is 4. The molecule has 0 aliphatic rings. The molecule has 0 heterocycles. The minimum atomic E-state index is -1.20. The van der Waals surface area contributed by atoms with Gasteiger partial charge >= 0.3 is 0 Å². The fourth-order valence-electron chi connectivity index (χ4n) is 1.91. The van der Waals surface area contributed by atoms with Crippen molar-refractivity contribution >= 4 is 10.8 Å². The molecule has 1 atom stereocenters. The van der Waals surface area contributed by atoms with Gasteiger partial charge in [-0.25, -0.2) is 0 Å². The summed E-state index contributed by atoms with van der Waals surface area (Å²) in [6.07, 6.45) is 0. The minimum absolute atomic E-state index is 0.339. The summed E-state index contributed by atoms with van der Waals surface area (Å²) in [6, 6.07) is 14.5. The molecule has 0 aliphatic carbocycles. The highest BCUT2D eigenvalue weighted by Gasteiger charge is 2.09. The predicted octanol–water partition coefficient (Wildman–Crippen LogP) is 2.88. The Morgan fingerprint density at radius 1 is 1.14 bits per heavy atom. The SMILES string of the molecule is COc1cccc(S(=O)Cc2ccc(OC)c(C#N)c2)c1. The third-order valence-electron chi connectivity index (χ3n) is 2.99. The van der Waals surface area contributed by atoms with Crippen molar-refractivity contribution in [1.29, 1.82) is 5.26 Å². The van der Waals surface area contributed by atoms with Crippen molar-refractivity contribution in [1.82, 2.24) is 0 Å². The van der Waals surface area contributed by atoms with Crippen LogP contribution in [0.4, 0.5) is 0 Å². The Bertz CT molecular complexity index is 707. The molecule has 108 valence electrons. The predicted molar refractivity (Wildman–Crippen MR) is 80.8 cm³/mol. The van der Waals surface area contributed by atoms with Crippen molar-refractivity contribution in [2.24, 2.45) is 0 Å². The van der Waals surface area contributed by atoms with E-state index in [-0.39, 0.29) is 0 Å². The molecule has 0 aliphatic heterocycles. The van der Waals surface area contributed by atoms with E-state index in [1.54, 1.807) is 37.4 Å². The van der Waals surface area contributed by atoms with Gasteiger partial charge in [-0.15, -0.1) is 0 Å². The molecule has 0 saturated carbocycles. The largest absolute Gasteiger partial charge is 0.497 e. The van der Waals surface area contributed by atoms with Crippen molar-refractivity contribution in [3.05, 3.63) is 53.6 Å². The number of nitriles is 1. The quantitative estimate of drug-likeness (QED) is 0.852. The molecule has 0 spiro atoms. The molecule has 0 saturated heterocycles. The summed E-state index contributed by atoms with van der Waals surface area (Å²) in [5.41, 5.74) is 1.27. The van der Waals surface area contributed by atoms with E-state index in [0.717, 1.165) is 5.56 Å². The summed E-state index contributed by atoms with van der Waals surface area (Å²) in [6.45, 7) is 0. The normalized spacial score (nSPS) is 11.5. The second-order valence-corrected chi connectivity index (χ2v) is 5.77. The van der Waals surface area contributed by atoms with Gasteiger partial charge in [-0.1, -0.05) is 12.1 Å². The van der Waals surface area contributed by atoms with Crippen molar-refractivity contribution in [2.75, 3.05) is 14.2 Å². The van der Waals surface area contributed by atoms with Crippen LogP contribution in [-0.4, -0.2) is 18.4 Å². The van der Waals surface area contributed by atoms with Crippen LogP contribution in [0.25, 0.3) is 0 Å². The third kappa shape index (κ3) is 3.61. The summed E-state index contributed by atoms with van der Waals surface area (Å²) >= 11 is 0. The van der Waals surface area contributed by atoms with Gasteiger partial charge in [0.05, 0.1) is 36.3 Å². The van der Waals surface area contributed by atoms with Crippen LogP contribution in [0.3, 0.4) is 0 Å². The van der Waals surface area contributed by atoms with Gasteiger partial charge in [-0.2, -0.15) is 5.26 Å². The fourth-order valence-corrected chi connectivity index (χ4v) is 3.04. The van der Waals surface area contributed by atoms with Crippen LogP contribution in [0, 0.1) is 11.3 Å². The van der Waals surface area contributed by atoms with Gasteiger partial charge in [0.25, 0.3) is 0 Å². The third-order valence-corrected chi connectivity index (χ3v) is 4.36. The first-order valence-electron chi connectivity index (χ1n) is 6.27. The number of benzene rings is 2. The molecule has 2 aromatic rings. The molecule has 0 N–H and O–H groups in total. The van der Waals surface area contributed by atoms with E-state index < -0.39 is 10.8 Å². The summed E-state index contributed by atoms with van der Waals surface area (Å²) in [4.78, 5) is 0.698. The van der Waals surface area contributed by atoms with Crippen molar-refractivity contribution in [2.45, 2.75) is 10.6 Å². The van der Waals surface area contributed by atoms with Crippen LogP contribution in [0.2, 0.25) is 0 Å². The van der Waals surface area contributed by atoms with Gasteiger partial charge in [0, 0.05) is 4.90 Å². The van der Waals surface area contributed by atoms with E-state index in [0.29, 0.717) is 27.7 Å². The maximum Gasteiger partial charge on any atom is 0.136 e. The molecule has 0 radical (unpaired) electrons. The fraction of sp³-hybridized carbons (Fsp3) is 0.188. The Hall–Kier alpha value is -2.32. The van der Waals surface area contributed by atoms with Gasteiger partial charge in [-0.05, 0) is 35.9 Å². The van der Waals surface area contributed by atoms with Gasteiger partial charge < -0.3 is 9.47 Å². The molecule has 0 aromatic heterocycles. The van der Waals surface area contributed by atoms with Crippen molar-refractivity contribution in [3.8, 4) is 17.6 Å². The van der Waals surface area contributed by atoms with Crippen LogP contribution >= 0.6 is 0 Å². The smallest absolute Gasteiger partial charge is 0.136 e. The van der Waals surface area contributed by atoms with Crippen LogP contribution in [0.1, 0.15) is 11.1 Å². The topological polar surface area (TPSA) is 59.3 Å². The molecule has 5 heteroatoms. The number of rotatable bonds is 5. The minimum Gasteiger partial charge on any atom is -0.497 e. The average molecular weight is 301 g/mol. The van der Waals surface area contributed by atoms with E-state index in [2.05, 4.69) is 6.07 Å². The first kappa shape index (κ1) is 15.1. The average Bonchev–Trinajstić information content (AvgIpc) is 2.54. The van der Waals surface area contributed by atoms with E-state index >= 15 is 0 Å². The van der Waals surface area contributed by atoms with Crippen LogP contribution < -0.4 is 9.47 Å². The number of nitrogens with zero attached hydrogens (tertiary/aromatic N) is 1. The number of hydrogen-bond donors (Lipinski definition) is 0. The zero-order valence-corrected chi connectivity index (χ0v) is 12.6. The Balaban J connectivity index is 2.21. The van der Waals surface area contributed by atoms with Crippen LogP contribution in [0.5, 0.6) is 11.5 Å². The van der Waals surface area contributed by atoms with E-state index in [1.807, 2.05) is 12.1 Å². The highest BCUT2D eigenvalue weighted by molar-refractivity contribution is 7.84. The van der Waals surface area contributed by atoms with Gasteiger partial charge in [-0.3, -0.25) is 4.21 Å². The van der Waals surface area contributed by atoms with E-state index in [4.69, 9.17) is 14.7 Å². The first-order chi connectivity index (χ1) is 10.2. The molecular formula is C16H15NO3S. The first-order valence-corrected chi connectivity index (χ1v) is 7.59. The monoisotopic (exact) mass is 301 g/mol. The van der Waals surface area contributed by atoms with Gasteiger partial charge in [0.2, 0.25) is 0 Å². The lowest BCUT2D eigenvalue weighted by atomic mass is 10.1. The Morgan fingerprint density at radius 3 is 2.62 bits per heavy atom. The standard InChI is InChI=1S/C16H15NO3S/c1-19-14-4-3-5-15(9-14)21(18)11-12-6-7-16(20-2)13(8-12)10-17/h3-9H,11H2,1-2H3. The number of methoxy groups -OCH3 is 2. The molecule has 1 unspecified atom stereocenters. The molecule has 0 fully saturated rings. The summed E-state index contributed by atoms with van der Waals surface area (Å²) in [5, 5.41) is 9.07. The number of ether oxygens (including phenoxy) is 2. The lowest BCUT2D eigenvalue weighted by molar-refractivity contribution is 0.413. The van der Waals surface area contributed by atoms with Crippen molar-refractivity contribution < 1.29 is 13.7 Å². The molecule has 2 aromatic carbocycles. The van der Waals surface area contributed by atoms with Crippen LogP contribution in [-0.2, 0) is 16.6 Å². The summed E-state index contributed by atoms with van der Waals surface area (Å²) < 4.78 is 22.6. The summed E-state index contributed by atoms with van der Waals surface area (Å²) in [5.74, 6) is 1.54. The zero-order chi connectivity index (χ0) is 15.2. The highest BCUT2D eigenvalue weighted by atomic mass is 32.2. The van der Waals surface area contributed by atoms with Gasteiger partial charge in [0.15, 0.2) is 0 Å². The van der Waals surface area contributed by atoms with E-state index in [9.17, 15) is 4.21 Å². The van der Waals surface area contributed by atoms with E-state index in [1.165, 1.54) is 7.11 Å². The molecular weight excluding hydrogens is 286 g/mol. The van der Waals surface area contributed by atoms with Gasteiger partial charge in [0.1, 0.15) is 17.6 Å². The molecule has 0 amide bonds. The second kappa shape index (κ2) is 6.91. The summed E-state index contributed by atoms with van der Waals surface area (Å²) in [7, 11) is 1.90. The van der Waals surface area contributed by atoms with Crippen molar-refractivity contribution in [3.63, 3.8) is 0 Å². The molecule has 4 nitrogen and oxygen atoms in total. The second-order valence-electron chi connectivity index (χ2n) is 4.32. The maximum absolute atomic E-state index is 12.4. The Kier molecular flexibility index (Phi) is 4.96. The lowest BCUT2D eigenvalue weighted by Gasteiger charge is -2.07. The molecule has 2 rings (SSSR count). The molecule has 21 heavy (non-hydrogen) atoms. The highest BCUT2D eigenvalue weighted by Crippen LogP contribution is 2.22.